The van der Waals surface area contributed by atoms with E-state index in [9.17, 15) is 10.1 Å². The van der Waals surface area contributed by atoms with Crippen LogP contribution < -0.4 is 20.3 Å². The normalized spacial score (nSPS) is 16.1. The monoisotopic (exact) mass is 556 g/mol. The Morgan fingerprint density at radius 1 is 1.07 bits per heavy atom. The lowest BCUT2D eigenvalue weighted by molar-refractivity contribution is 0.0126. The number of nitrogens with one attached hydrogen (secondary N) is 2. The molecule has 2 saturated heterocycles. The molecule has 4 heterocycles. The molecule has 5 rings (SSSR count). The van der Waals surface area contributed by atoms with Gasteiger partial charge in [0.25, 0.3) is 0 Å². The van der Waals surface area contributed by atoms with E-state index in [0.717, 1.165) is 37.4 Å². The van der Waals surface area contributed by atoms with Crippen molar-refractivity contribution in [2.75, 3.05) is 49.5 Å². The second kappa shape index (κ2) is 12.4. The first-order valence-electron chi connectivity index (χ1n) is 14.0. The Hall–Kier alpha value is -4.43. The lowest BCUT2D eigenvalue weighted by Crippen LogP contribution is -2.44. The number of nitrogens with zero attached hydrogens (tertiary/aromatic N) is 6. The van der Waals surface area contributed by atoms with Crippen molar-refractivity contribution in [3.05, 3.63) is 54.4 Å². The Labute approximate surface area is 240 Å². The number of nitriles is 1. The summed E-state index contributed by atoms with van der Waals surface area (Å²) in [6, 6.07) is 13.5. The molecule has 2 aliphatic rings. The first-order chi connectivity index (χ1) is 19.8. The molecule has 0 atom stereocenters. The van der Waals surface area contributed by atoms with Gasteiger partial charge in [0.15, 0.2) is 0 Å². The van der Waals surface area contributed by atoms with Gasteiger partial charge in [0.1, 0.15) is 29.3 Å². The lowest BCUT2D eigenvalue weighted by Gasteiger charge is -2.33. The number of pyridine rings is 1. The first kappa shape index (κ1) is 28.1. The molecule has 41 heavy (non-hydrogen) atoms. The highest BCUT2D eigenvalue weighted by molar-refractivity contribution is 5.68. The Bertz CT molecular complexity index is 1390. The number of benzene rings is 1. The largest absolute Gasteiger partial charge is 0.489 e. The van der Waals surface area contributed by atoms with Crippen LogP contribution in [-0.2, 0) is 4.74 Å². The van der Waals surface area contributed by atoms with Crippen LogP contribution in [0.2, 0.25) is 0 Å². The second-order valence-corrected chi connectivity index (χ2v) is 11.1. The quantitative estimate of drug-likeness (QED) is 0.452. The van der Waals surface area contributed by atoms with Crippen LogP contribution >= 0.6 is 0 Å². The smallest absolute Gasteiger partial charge is 0.410 e. The molecule has 1 aromatic carbocycles. The third-order valence-corrected chi connectivity index (χ3v) is 6.91. The summed E-state index contributed by atoms with van der Waals surface area (Å²) in [5, 5.41) is 16.4. The maximum atomic E-state index is 12.3. The van der Waals surface area contributed by atoms with E-state index in [-0.39, 0.29) is 12.2 Å². The van der Waals surface area contributed by atoms with E-state index in [0.29, 0.717) is 54.7 Å². The topological polar surface area (TPSA) is 129 Å². The first-order valence-corrected chi connectivity index (χ1v) is 14.0. The fourth-order valence-electron chi connectivity index (χ4n) is 4.81. The van der Waals surface area contributed by atoms with Crippen molar-refractivity contribution in [2.45, 2.75) is 45.3 Å². The predicted molar refractivity (Wildman–Crippen MR) is 156 cm³/mol. The van der Waals surface area contributed by atoms with Crippen molar-refractivity contribution in [3.8, 4) is 23.1 Å². The number of ether oxygens (including phenoxy) is 2. The molecule has 3 aromatic rings. The molecule has 0 bridgehead atoms. The van der Waals surface area contributed by atoms with Crippen LogP contribution in [0.5, 0.6) is 5.75 Å². The van der Waals surface area contributed by atoms with Gasteiger partial charge in [0, 0.05) is 63.9 Å². The van der Waals surface area contributed by atoms with Gasteiger partial charge in [-0.3, -0.25) is 0 Å². The van der Waals surface area contributed by atoms with Gasteiger partial charge in [-0.15, -0.1) is 0 Å². The zero-order valence-corrected chi connectivity index (χ0v) is 23.8. The van der Waals surface area contributed by atoms with Crippen molar-refractivity contribution in [1.29, 1.82) is 5.26 Å². The average molecular weight is 557 g/mol. The Balaban J connectivity index is 1.21. The number of aromatic nitrogens is 3. The number of carbonyl (C=O) groups is 1. The number of anilines is 3. The minimum Gasteiger partial charge on any atom is -0.489 e. The molecule has 0 saturated carbocycles. The minimum atomic E-state index is -0.526. The van der Waals surface area contributed by atoms with Crippen molar-refractivity contribution < 1.29 is 14.3 Å². The fraction of sp³-hybridized carbons (Fsp3) is 0.433. The maximum Gasteiger partial charge on any atom is 0.410 e. The van der Waals surface area contributed by atoms with Crippen LogP contribution in [0.15, 0.2) is 48.8 Å². The molecule has 214 valence electrons. The van der Waals surface area contributed by atoms with E-state index < -0.39 is 5.60 Å². The van der Waals surface area contributed by atoms with Gasteiger partial charge < -0.3 is 29.9 Å². The Morgan fingerprint density at radius 3 is 2.54 bits per heavy atom. The van der Waals surface area contributed by atoms with E-state index in [1.165, 1.54) is 0 Å². The molecular weight excluding hydrogens is 520 g/mol. The van der Waals surface area contributed by atoms with Gasteiger partial charge in [-0.05, 0) is 57.2 Å². The summed E-state index contributed by atoms with van der Waals surface area (Å²) in [5.74, 6) is 1.59. The molecule has 2 aliphatic heterocycles. The number of hydrogen-bond acceptors (Lipinski definition) is 10. The number of carbonyl (C=O) groups excluding carboxylic acids is 1. The van der Waals surface area contributed by atoms with Gasteiger partial charge in [0.05, 0.1) is 23.1 Å². The molecule has 2 fully saturated rings. The van der Waals surface area contributed by atoms with Crippen LogP contribution in [0.25, 0.3) is 11.3 Å². The minimum absolute atomic E-state index is 0.0908. The van der Waals surface area contributed by atoms with Crippen molar-refractivity contribution in [1.82, 2.24) is 25.2 Å². The third kappa shape index (κ3) is 7.41. The summed E-state index contributed by atoms with van der Waals surface area (Å²) >= 11 is 0. The van der Waals surface area contributed by atoms with E-state index in [1.54, 1.807) is 29.3 Å². The highest BCUT2D eigenvalue weighted by atomic mass is 16.6. The molecule has 0 radical (unpaired) electrons. The van der Waals surface area contributed by atoms with Crippen molar-refractivity contribution in [2.24, 2.45) is 0 Å². The summed E-state index contributed by atoms with van der Waals surface area (Å²) in [5.41, 5.74) is 2.44. The number of likely N-dealkylation sites (tertiary alicyclic amines) is 1. The molecule has 11 heteroatoms. The zero-order valence-electron chi connectivity index (χ0n) is 23.8. The van der Waals surface area contributed by atoms with Gasteiger partial charge in [0.2, 0.25) is 5.95 Å². The number of piperidine rings is 1. The zero-order chi connectivity index (χ0) is 28.8. The second-order valence-electron chi connectivity index (χ2n) is 11.1. The Morgan fingerprint density at radius 2 is 1.85 bits per heavy atom. The average Bonchev–Trinajstić information content (AvgIpc) is 2.98. The molecule has 0 unspecified atom stereocenters. The SMILES string of the molecule is CC(C)(C)OC(=O)N1CCC(Oc2ccc(-c3ccnc(Nc4ccc(N5CCNCC5)cn4)n3)cc2C#N)CC1. The number of piperazine rings is 1. The molecule has 11 nitrogen and oxygen atoms in total. The molecule has 0 spiro atoms. The summed E-state index contributed by atoms with van der Waals surface area (Å²) in [7, 11) is 0. The van der Waals surface area contributed by atoms with Crippen LogP contribution in [0, 0.1) is 11.3 Å². The highest BCUT2D eigenvalue weighted by Crippen LogP contribution is 2.29. The van der Waals surface area contributed by atoms with Crippen LogP contribution in [0.3, 0.4) is 0 Å². The van der Waals surface area contributed by atoms with Crippen LogP contribution in [-0.4, -0.2) is 76.9 Å². The molecule has 1 amide bonds. The molecule has 0 aliphatic carbocycles. The fourth-order valence-corrected chi connectivity index (χ4v) is 4.81. The van der Waals surface area contributed by atoms with Gasteiger partial charge in [-0.25, -0.2) is 19.7 Å². The van der Waals surface area contributed by atoms with E-state index in [4.69, 9.17) is 9.47 Å². The number of hydrogen-bond donors (Lipinski definition) is 2. The third-order valence-electron chi connectivity index (χ3n) is 6.91. The summed E-state index contributed by atoms with van der Waals surface area (Å²) in [6.07, 6.45) is 4.46. The van der Waals surface area contributed by atoms with Gasteiger partial charge >= 0.3 is 6.09 Å². The molecule has 2 N–H and O–H groups in total. The summed E-state index contributed by atoms with van der Waals surface area (Å²) in [4.78, 5) is 29.9. The number of amides is 1. The summed E-state index contributed by atoms with van der Waals surface area (Å²) < 4.78 is 11.7. The molecular formula is C30H36N8O3. The van der Waals surface area contributed by atoms with Crippen LogP contribution in [0.1, 0.15) is 39.2 Å². The van der Waals surface area contributed by atoms with E-state index in [2.05, 4.69) is 36.6 Å². The van der Waals surface area contributed by atoms with Crippen molar-refractivity contribution >= 4 is 23.5 Å². The van der Waals surface area contributed by atoms with Gasteiger partial charge in [-0.1, -0.05) is 0 Å². The summed E-state index contributed by atoms with van der Waals surface area (Å²) in [6.45, 7) is 10.5. The standard InChI is InChI=1S/C30H36N8O3/c1-30(2,3)41-29(39)38-14-9-24(10-15-38)40-26-6-4-21(18-22(26)19-31)25-8-11-33-28(35-25)36-27-7-5-23(20-34-27)37-16-12-32-13-17-37/h4-8,11,18,20,24,32H,9-10,12-17H2,1-3H3,(H,33,34,35,36). The Kier molecular flexibility index (Phi) is 8.50. The lowest BCUT2D eigenvalue weighted by atomic mass is 10.1. The van der Waals surface area contributed by atoms with E-state index in [1.807, 2.05) is 45.2 Å². The predicted octanol–water partition coefficient (Wildman–Crippen LogP) is 4.34. The molecule has 2 aromatic heterocycles. The maximum absolute atomic E-state index is 12.3. The van der Waals surface area contributed by atoms with Crippen molar-refractivity contribution in [3.63, 3.8) is 0 Å². The number of rotatable bonds is 6. The van der Waals surface area contributed by atoms with E-state index >= 15 is 0 Å². The van der Waals surface area contributed by atoms with Crippen LogP contribution in [0.4, 0.5) is 22.2 Å². The highest BCUT2D eigenvalue weighted by Gasteiger charge is 2.28. The van der Waals surface area contributed by atoms with Gasteiger partial charge in [-0.2, -0.15) is 5.26 Å².